The second kappa shape index (κ2) is 7.20. The van der Waals surface area contributed by atoms with Crippen molar-refractivity contribution in [2.45, 2.75) is 52.2 Å². The van der Waals surface area contributed by atoms with Gasteiger partial charge in [-0.15, -0.1) is 0 Å². The molecule has 15 heavy (non-hydrogen) atoms. The molecule has 0 aliphatic heterocycles. The minimum Gasteiger partial charge on any atom is -0.390 e. The van der Waals surface area contributed by atoms with Crippen molar-refractivity contribution in [3.63, 3.8) is 0 Å². The molecule has 0 heterocycles. The number of nitrogens with one attached hydrogen (secondary N) is 1. The van der Waals surface area contributed by atoms with Gasteiger partial charge in [0.15, 0.2) is 0 Å². The molecule has 0 amide bonds. The summed E-state index contributed by atoms with van der Waals surface area (Å²) in [7, 11) is 2.15. The van der Waals surface area contributed by atoms with Crippen LogP contribution >= 0.6 is 0 Å². The third-order valence-electron chi connectivity index (χ3n) is 2.66. The van der Waals surface area contributed by atoms with Gasteiger partial charge in [-0.05, 0) is 67.2 Å². The van der Waals surface area contributed by atoms with Crippen LogP contribution in [-0.4, -0.2) is 48.3 Å². The van der Waals surface area contributed by atoms with Crippen LogP contribution in [0.3, 0.4) is 0 Å². The predicted molar refractivity (Wildman–Crippen MR) is 66.2 cm³/mol. The van der Waals surface area contributed by atoms with E-state index in [1.54, 1.807) is 0 Å². The van der Waals surface area contributed by atoms with Crippen LogP contribution in [-0.2, 0) is 0 Å². The van der Waals surface area contributed by atoms with Gasteiger partial charge < -0.3 is 15.3 Å². The fourth-order valence-corrected chi connectivity index (χ4v) is 1.23. The molecule has 3 nitrogen and oxygen atoms in total. The molecular weight excluding hydrogens is 188 g/mol. The lowest BCUT2D eigenvalue weighted by molar-refractivity contribution is 0.0712. The minimum absolute atomic E-state index is 0.540. The Kier molecular flexibility index (Phi) is 7.14. The largest absolute Gasteiger partial charge is 0.390 e. The van der Waals surface area contributed by atoms with Gasteiger partial charge in [0.2, 0.25) is 0 Å². The van der Waals surface area contributed by atoms with Crippen LogP contribution in [0.25, 0.3) is 0 Å². The summed E-state index contributed by atoms with van der Waals surface area (Å²) < 4.78 is 0. The first-order chi connectivity index (χ1) is 6.83. The maximum absolute atomic E-state index is 9.49. The Morgan fingerprint density at radius 1 is 1.27 bits per heavy atom. The van der Waals surface area contributed by atoms with Crippen molar-refractivity contribution in [3.05, 3.63) is 0 Å². The zero-order chi connectivity index (χ0) is 11.9. The van der Waals surface area contributed by atoms with Gasteiger partial charge in [-0.3, -0.25) is 0 Å². The van der Waals surface area contributed by atoms with Crippen LogP contribution in [0, 0.1) is 0 Å². The summed E-state index contributed by atoms with van der Waals surface area (Å²) in [5, 5.41) is 12.8. The van der Waals surface area contributed by atoms with Crippen molar-refractivity contribution < 1.29 is 5.11 Å². The lowest BCUT2D eigenvalue weighted by Gasteiger charge is -2.21. The lowest BCUT2D eigenvalue weighted by Crippen LogP contribution is -2.31. The zero-order valence-corrected chi connectivity index (χ0v) is 11.0. The molecular formula is C12H28N2O. The average Bonchev–Trinajstić information content (AvgIpc) is 2.08. The standard InChI is InChI=1S/C12H28N2O/c1-11(2)14(5)10-6-8-13-9-7-12(3,4)15/h11,13,15H,6-10H2,1-5H3. The van der Waals surface area contributed by atoms with Crippen molar-refractivity contribution >= 4 is 0 Å². The highest BCUT2D eigenvalue weighted by molar-refractivity contribution is 4.66. The first kappa shape index (κ1) is 14.9. The molecule has 3 heteroatoms. The predicted octanol–water partition coefficient (Wildman–Crippen LogP) is 1.47. The highest BCUT2D eigenvalue weighted by Gasteiger charge is 2.10. The van der Waals surface area contributed by atoms with Crippen molar-refractivity contribution in [1.82, 2.24) is 10.2 Å². The summed E-state index contributed by atoms with van der Waals surface area (Å²) in [5.74, 6) is 0. The van der Waals surface area contributed by atoms with E-state index in [1.165, 1.54) is 6.42 Å². The van der Waals surface area contributed by atoms with Crippen LogP contribution in [0.4, 0.5) is 0 Å². The number of hydrogen-bond acceptors (Lipinski definition) is 3. The van der Waals surface area contributed by atoms with Gasteiger partial charge in [-0.1, -0.05) is 0 Å². The Bertz CT molecular complexity index is 152. The topological polar surface area (TPSA) is 35.5 Å². The Labute approximate surface area is 94.9 Å². The van der Waals surface area contributed by atoms with Crippen LogP contribution in [0.2, 0.25) is 0 Å². The molecule has 0 aliphatic rings. The van der Waals surface area contributed by atoms with E-state index in [0.29, 0.717) is 6.04 Å². The van der Waals surface area contributed by atoms with Crippen molar-refractivity contribution in [2.75, 3.05) is 26.7 Å². The molecule has 0 saturated heterocycles. The van der Waals surface area contributed by atoms with Gasteiger partial charge in [-0.2, -0.15) is 0 Å². The van der Waals surface area contributed by atoms with Gasteiger partial charge in [0.1, 0.15) is 0 Å². The highest BCUT2D eigenvalue weighted by atomic mass is 16.3. The van der Waals surface area contributed by atoms with E-state index in [-0.39, 0.29) is 0 Å². The molecule has 92 valence electrons. The fourth-order valence-electron chi connectivity index (χ4n) is 1.23. The number of aliphatic hydroxyl groups is 1. The molecule has 0 aromatic carbocycles. The Morgan fingerprint density at radius 2 is 1.87 bits per heavy atom. The molecule has 0 fully saturated rings. The zero-order valence-electron chi connectivity index (χ0n) is 11.0. The van der Waals surface area contributed by atoms with Crippen LogP contribution in [0.15, 0.2) is 0 Å². The Hall–Kier alpha value is -0.120. The number of nitrogens with zero attached hydrogens (tertiary/aromatic N) is 1. The Balaban J connectivity index is 3.26. The van der Waals surface area contributed by atoms with Crippen LogP contribution in [0.5, 0.6) is 0 Å². The second-order valence-corrected chi connectivity index (χ2v) is 5.24. The molecule has 0 saturated carbocycles. The lowest BCUT2D eigenvalue weighted by atomic mass is 10.1. The smallest absolute Gasteiger partial charge is 0.0603 e. The van der Waals surface area contributed by atoms with Crippen LogP contribution in [0.1, 0.15) is 40.5 Å². The van der Waals surface area contributed by atoms with E-state index < -0.39 is 5.60 Å². The summed E-state index contributed by atoms with van der Waals surface area (Å²) in [6, 6.07) is 0.626. The summed E-state index contributed by atoms with van der Waals surface area (Å²) in [5.41, 5.74) is -0.540. The van der Waals surface area contributed by atoms with E-state index in [0.717, 1.165) is 26.1 Å². The third kappa shape index (κ3) is 10.2. The molecule has 0 aliphatic carbocycles. The normalized spacial score (nSPS) is 12.8. The molecule has 2 N–H and O–H groups in total. The minimum atomic E-state index is -0.540. The maximum atomic E-state index is 9.49. The van der Waals surface area contributed by atoms with Gasteiger partial charge in [0.25, 0.3) is 0 Å². The highest BCUT2D eigenvalue weighted by Crippen LogP contribution is 2.04. The van der Waals surface area contributed by atoms with Gasteiger partial charge in [0, 0.05) is 6.04 Å². The SMILES string of the molecule is CC(C)N(C)CCCNCCC(C)(C)O. The number of hydrogen-bond donors (Lipinski definition) is 2. The molecule has 0 aromatic heterocycles. The first-order valence-electron chi connectivity index (χ1n) is 5.96. The molecule has 0 unspecified atom stereocenters. The summed E-state index contributed by atoms with van der Waals surface area (Å²) in [6.45, 7) is 11.2. The van der Waals surface area contributed by atoms with Gasteiger partial charge in [-0.25, -0.2) is 0 Å². The van der Waals surface area contributed by atoms with Crippen molar-refractivity contribution in [1.29, 1.82) is 0 Å². The third-order valence-corrected chi connectivity index (χ3v) is 2.66. The van der Waals surface area contributed by atoms with Crippen molar-refractivity contribution in [3.8, 4) is 0 Å². The summed E-state index contributed by atoms with van der Waals surface area (Å²) >= 11 is 0. The molecule has 0 spiro atoms. The van der Waals surface area contributed by atoms with Crippen molar-refractivity contribution in [2.24, 2.45) is 0 Å². The van der Waals surface area contributed by atoms with Crippen LogP contribution < -0.4 is 5.32 Å². The molecule has 0 bridgehead atoms. The fraction of sp³-hybridized carbons (Fsp3) is 1.00. The first-order valence-corrected chi connectivity index (χ1v) is 5.96. The second-order valence-electron chi connectivity index (χ2n) is 5.24. The molecule has 0 radical (unpaired) electrons. The van der Waals surface area contributed by atoms with E-state index in [2.05, 4.69) is 31.1 Å². The van der Waals surface area contributed by atoms with E-state index in [9.17, 15) is 5.11 Å². The van der Waals surface area contributed by atoms with Gasteiger partial charge >= 0.3 is 0 Å². The molecule has 0 aromatic rings. The average molecular weight is 216 g/mol. The van der Waals surface area contributed by atoms with Gasteiger partial charge in [0.05, 0.1) is 5.60 Å². The summed E-state index contributed by atoms with van der Waals surface area (Å²) in [4.78, 5) is 2.34. The quantitative estimate of drug-likeness (QED) is 0.603. The Morgan fingerprint density at radius 3 is 2.33 bits per heavy atom. The monoisotopic (exact) mass is 216 g/mol. The molecule has 0 atom stereocenters. The van der Waals surface area contributed by atoms with E-state index >= 15 is 0 Å². The molecule has 0 rings (SSSR count). The number of rotatable bonds is 8. The van der Waals surface area contributed by atoms with E-state index in [4.69, 9.17) is 0 Å². The van der Waals surface area contributed by atoms with E-state index in [1.807, 2.05) is 13.8 Å². The summed E-state index contributed by atoms with van der Waals surface area (Å²) in [6.07, 6.45) is 1.98. The maximum Gasteiger partial charge on any atom is 0.0603 e.